The Morgan fingerprint density at radius 3 is 2.75 bits per heavy atom. The van der Waals surface area contributed by atoms with Crippen LogP contribution >= 0.6 is 28.6 Å². The van der Waals surface area contributed by atoms with Gasteiger partial charge in [0.05, 0.1) is 16.5 Å². The van der Waals surface area contributed by atoms with Gasteiger partial charge in [0.15, 0.2) is 0 Å². The van der Waals surface area contributed by atoms with Crippen LogP contribution in [0.4, 0.5) is 4.39 Å². The topological polar surface area (TPSA) is 46.5 Å². The molecule has 0 saturated heterocycles. The molecule has 6 heteroatoms. The predicted octanol–water partition coefficient (Wildman–Crippen LogP) is 2.95. The highest BCUT2D eigenvalue weighted by atomic mass is 79.9. The van der Waals surface area contributed by atoms with Crippen LogP contribution in [-0.4, -0.2) is 18.2 Å². The third kappa shape index (κ3) is 2.76. The highest BCUT2D eigenvalue weighted by Crippen LogP contribution is 2.30. The quantitative estimate of drug-likeness (QED) is 0.667. The lowest BCUT2D eigenvalue weighted by atomic mass is 10.2. The summed E-state index contributed by atoms with van der Waals surface area (Å²) in [5.74, 6) is -1.47. The summed E-state index contributed by atoms with van der Waals surface area (Å²) in [6, 6.07) is 2.94. The van der Waals surface area contributed by atoms with Gasteiger partial charge in [-0.25, -0.2) is 9.18 Å². The van der Waals surface area contributed by atoms with Crippen molar-refractivity contribution in [2.45, 2.75) is 0 Å². The van der Waals surface area contributed by atoms with E-state index < -0.39 is 11.8 Å². The molecule has 1 aromatic carbocycles. The fourth-order valence-corrected chi connectivity index (χ4v) is 1.69. The van der Waals surface area contributed by atoms with Crippen LogP contribution in [0.25, 0.3) is 6.08 Å². The number of carboxylic acid groups (broad SMARTS) is 1. The molecule has 0 saturated carbocycles. The van der Waals surface area contributed by atoms with E-state index in [0.29, 0.717) is 5.75 Å². The van der Waals surface area contributed by atoms with Crippen molar-refractivity contribution in [2.24, 2.45) is 0 Å². The van der Waals surface area contributed by atoms with Gasteiger partial charge >= 0.3 is 5.97 Å². The van der Waals surface area contributed by atoms with Gasteiger partial charge in [0.2, 0.25) is 0 Å². The molecular weight excluding hydrogens is 299 g/mol. The zero-order valence-electron chi connectivity index (χ0n) is 8.20. The number of thiol groups is 1. The van der Waals surface area contributed by atoms with Gasteiger partial charge in [0, 0.05) is 5.56 Å². The van der Waals surface area contributed by atoms with Crippen molar-refractivity contribution < 1.29 is 19.0 Å². The molecule has 0 bridgehead atoms. The molecule has 1 aromatic rings. The molecule has 0 fully saturated rings. The van der Waals surface area contributed by atoms with E-state index in [1.807, 2.05) is 0 Å². The largest absolute Gasteiger partial charge is 0.495 e. The number of methoxy groups -OCH3 is 1. The maximum atomic E-state index is 13.7. The van der Waals surface area contributed by atoms with E-state index in [0.717, 1.165) is 6.08 Å². The molecule has 86 valence electrons. The number of hydrogen-bond donors (Lipinski definition) is 2. The summed E-state index contributed by atoms with van der Waals surface area (Å²) in [7, 11) is 1.41. The van der Waals surface area contributed by atoms with Crippen molar-refractivity contribution in [2.75, 3.05) is 7.11 Å². The van der Waals surface area contributed by atoms with E-state index in [1.165, 1.54) is 19.2 Å². The first-order chi connectivity index (χ1) is 7.47. The van der Waals surface area contributed by atoms with Crippen molar-refractivity contribution in [1.82, 2.24) is 0 Å². The molecule has 0 aromatic heterocycles. The first kappa shape index (κ1) is 13.1. The van der Waals surface area contributed by atoms with Gasteiger partial charge in [-0.1, -0.05) is 0 Å². The Morgan fingerprint density at radius 1 is 1.62 bits per heavy atom. The van der Waals surface area contributed by atoms with Crippen molar-refractivity contribution in [3.05, 3.63) is 32.9 Å². The summed E-state index contributed by atoms with van der Waals surface area (Å²) >= 11 is 6.73. The Labute approximate surface area is 105 Å². The predicted molar refractivity (Wildman–Crippen MR) is 65.3 cm³/mol. The van der Waals surface area contributed by atoms with Crippen LogP contribution in [0.15, 0.2) is 21.5 Å². The molecule has 0 radical (unpaired) electrons. The van der Waals surface area contributed by atoms with Gasteiger partial charge in [-0.15, -0.1) is 12.6 Å². The number of aliphatic carboxylic acids is 1. The summed E-state index contributed by atoms with van der Waals surface area (Å²) in [6.45, 7) is 0. The van der Waals surface area contributed by atoms with E-state index >= 15 is 0 Å². The standard InChI is InChI=1S/C10H8BrFO3S/c1-15-6-3-2-5(9(12)8(6)11)4-7(16)10(13)14/h2-4,16H,1H3,(H,13,14)/b7-4-. The minimum absolute atomic E-state index is 0.125. The molecule has 16 heavy (non-hydrogen) atoms. The molecule has 0 spiro atoms. The van der Waals surface area contributed by atoms with E-state index in [-0.39, 0.29) is 14.9 Å². The molecular formula is C10H8BrFO3S. The molecule has 0 aliphatic heterocycles. The maximum Gasteiger partial charge on any atom is 0.341 e. The zero-order valence-corrected chi connectivity index (χ0v) is 10.7. The van der Waals surface area contributed by atoms with E-state index in [9.17, 15) is 9.18 Å². The van der Waals surface area contributed by atoms with Crippen LogP contribution in [0.1, 0.15) is 5.56 Å². The lowest BCUT2D eigenvalue weighted by Gasteiger charge is -2.06. The Kier molecular flexibility index (Phi) is 4.37. The van der Waals surface area contributed by atoms with Gasteiger partial charge < -0.3 is 9.84 Å². The fourth-order valence-electron chi connectivity index (χ4n) is 1.02. The maximum absolute atomic E-state index is 13.7. The summed E-state index contributed by atoms with van der Waals surface area (Å²) in [6.07, 6.45) is 1.13. The lowest BCUT2D eigenvalue weighted by Crippen LogP contribution is -1.95. The minimum Gasteiger partial charge on any atom is -0.495 e. The highest BCUT2D eigenvalue weighted by Gasteiger charge is 2.11. The van der Waals surface area contributed by atoms with Crippen molar-refractivity contribution in [3.63, 3.8) is 0 Å². The fraction of sp³-hybridized carbons (Fsp3) is 0.100. The lowest BCUT2D eigenvalue weighted by molar-refractivity contribution is -0.131. The monoisotopic (exact) mass is 306 g/mol. The van der Waals surface area contributed by atoms with Crippen LogP contribution in [0.5, 0.6) is 5.75 Å². The number of carboxylic acids is 1. The molecule has 0 atom stereocenters. The van der Waals surface area contributed by atoms with Crippen molar-refractivity contribution in [1.29, 1.82) is 0 Å². The van der Waals surface area contributed by atoms with E-state index in [1.54, 1.807) is 0 Å². The van der Waals surface area contributed by atoms with Crippen LogP contribution in [0, 0.1) is 5.82 Å². The average Bonchev–Trinajstić information content (AvgIpc) is 2.25. The number of hydrogen-bond acceptors (Lipinski definition) is 3. The van der Waals surface area contributed by atoms with Gasteiger partial charge in [0.1, 0.15) is 11.6 Å². The number of rotatable bonds is 3. The summed E-state index contributed by atoms with van der Waals surface area (Å²) in [5, 5.41) is 8.60. The number of benzene rings is 1. The zero-order chi connectivity index (χ0) is 12.3. The smallest absolute Gasteiger partial charge is 0.341 e. The average molecular weight is 307 g/mol. The van der Waals surface area contributed by atoms with E-state index in [4.69, 9.17) is 9.84 Å². The molecule has 0 heterocycles. The highest BCUT2D eigenvalue weighted by molar-refractivity contribution is 9.10. The third-order valence-corrected chi connectivity index (χ3v) is 2.87. The van der Waals surface area contributed by atoms with Crippen LogP contribution in [-0.2, 0) is 4.79 Å². The molecule has 0 aliphatic carbocycles. The second kappa shape index (κ2) is 5.36. The Bertz CT molecular complexity index is 460. The third-order valence-electron chi connectivity index (χ3n) is 1.81. The van der Waals surface area contributed by atoms with Crippen molar-refractivity contribution in [3.8, 4) is 5.75 Å². The molecule has 1 rings (SSSR count). The second-order valence-corrected chi connectivity index (χ2v) is 4.09. The first-order valence-corrected chi connectivity index (χ1v) is 5.37. The van der Waals surface area contributed by atoms with E-state index in [2.05, 4.69) is 28.6 Å². The summed E-state index contributed by atoms with van der Waals surface area (Å²) in [4.78, 5) is 10.3. The molecule has 0 aliphatic rings. The Hall–Kier alpha value is -1.01. The molecule has 0 amide bonds. The van der Waals surface area contributed by atoms with Gasteiger partial charge in [-0.05, 0) is 34.1 Å². The minimum atomic E-state index is -1.21. The summed E-state index contributed by atoms with van der Waals surface area (Å²) in [5.41, 5.74) is 0.125. The molecule has 1 N–H and O–H groups in total. The normalized spacial score (nSPS) is 11.4. The molecule has 0 unspecified atom stereocenters. The second-order valence-electron chi connectivity index (χ2n) is 2.82. The summed E-state index contributed by atoms with van der Waals surface area (Å²) < 4.78 is 18.7. The van der Waals surface area contributed by atoms with Gasteiger partial charge in [-0.3, -0.25) is 0 Å². The van der Waals surface area contributed by atoms with Gasteiger partial charge in [0.25, 0.3) is 0 Å². The van der Waals surface area contributed by atoms with Crippen molar-refractivity contribution >= 4 is 40.6 Å². The Balaban J connectivity index is 3.23. The van der Waals surface area contributed by atoms with Crippen LogP contribution < -0.4 is 4.74 Å². The number of ether oxygens (including phenoxy) is 1. The van der Waals surface area contributed by atoms with Crippen LogP contribution in [0.2, 0.25) is 0 Å². The van der Waals surface area contributed by atoms with Crippen LogP contribution in [0.3, 0.4) is 0 Å². The SMILES string of the molecule is COc1ccc(/C=C(\S)C(=O)O)c(F)c1Br. The molecule has 3 nitrogen and oxygen atoms in total. The number of carbonyl (C=O) groups is 1. The Morgan fingerprint density at radius 2 is 2.25 bits per heavy atom. The van der Waals surface area contributed by atoms with Gasteiger partial charge in [-0.2, -0.15) is 0 Å². The number of halogens is 2. The first-order valence-electron chi connectivity index (χ1n) is 4.13.